The van der Waals surface area contributed by atoms with E-state index in [2.05, 4.69) is 5.32 Å². The Bertz CT molecular complexity index is 757. The van der Waals surface area contributed by atoms with E-state index in [-0.39, 0.29) is 31.0 Å². The van der Waals surface area contributed by atoms with E-state index in [9.17, 15) is 14.4 Å². The van der Waals surface area contributed by atoms with Gasteiger partial charge in [-0.3, -0.25) is 19.7 Å². The molecule has 0 aromatic heterocycles. The van der Waals surface area contributed by atoms with Crippen molar-refractivity contribution in [1.29, 1.82) is 0 Å². The molecule has 1 atom stereocenters. The Labute approximate surface area is 178 Å². The number of piperidine rings is 1. The summed E-state index contributed by atoms with van der Waals surface area (Å²) >= 11 is 0. The van der Waals surface area contributed by atoms with Crippen LogP contribution < -0.4 is 5.32 Å². The second kappa shape index (κ2) is 9.60. The number of benzene rings is 1. The van der Waals surface area contributed by atoms with Gasteiger partial charge in [-0.25, -0.2) is 0 Å². The third kappa shape index (κ3) is 5.01. The largest absolute Gasteiger partial charge is 0.465 e. The van der Waals surface area contributed by atoms with E-state index in [1.807, 2.05) is 49.1 Å². The monoisotopic (exact) mass is 415 g/mol. The molecule has 0 aliphatic carbocycles. The van der Waals surface area contributed by atoms with Gasteiger partial charge in [0.2, 0.25) is 11.8 Å². The maximum absolute atomic E-state index is 13.3. The Morgan fingerprint density at radius 2 is 1.87 bits per heavy atom. The molecule has 0 saturated carbocycles. The van der Waals surface area contributed by atoms with Crippen LogP contribution in [0.5, 0.6) is 0 Å². The van der Waals surface area contributed by atoms with Gasteiger partial charge in [-0.05, 0) is 24.8 Å². The third-order valence-corrected chi connectivity index (χ3v) is 5.93. The van der Waals surface area contributed by atoms with Crippen molar-refractivity contribution < 1.29 is 19.1 Å². The van der Waals surface area contributed by atoms with Crippen LogP contribution in [0.2, 0.25) is 0 Å². The average Bonchev–Trinajstić information content (AvgIpc) is 2.94. The van der Waals surface area contributed by atoms with E-state index < -0.39 is 11.6 Å². The Morgan fingerprint density at radius 1 is 1.20 bits per heavy atom. The Balaban J connectivity index is 1.75. The van der Waals surface area contributed by atoms with Crippen LogP contribution in [-0.2, 0) is 25.5 Å². The second-order valence-electron chi connectivity index (χ2n) is 8.63. The van der Waals surface area contributed by atoms with Crippen LogP contribution in [0.4, 0.5) is 0 Å². The molecule has 30 heavy (non-hydrogen) atoms. The van der Waals surface area contributed by atoms with Gasteiger partial charge in [-0.2, -0.15) is 0 Å². The minimum Gasteiger partial charge on any atom is -0.465 e. The number of amides is 2. The van der Waals surface area contributed by atoms with Crippen molar-refractivity contribution >= 4 is 17.8 Å². The third-order valence-electron chi connectivity index (χ3n) is 5.93. The van der Waals surface area contributed by atoms with Crippen LogP contribution in [0.1, 0.15) is 45.6 Å². The molecule has 7 nitrogen and oxygen atoms in total. The maximum Gasteiger partial charge on any atom is 0.325 e. The van der Waals surface area contributed by atoms with Gasteiger partial charge in [-0.15, -0.1) is 0 Å². The highest BCUT2D eigenvalue weighted by Gasteiger charge is 2.52. The molecule has 3 rings (SSSR count). The number of esters is 1. The molecule has 2 fully saturated rings. The van der Waals surface area contributed by atoms with Gasteiger partial charge in [0.1, 0.15) is 6.54 Å². The molecule has 0 radical (unpaired) electrons. The maximum atomic E-state index is 13.3. The van der Waals surface area contributed by atoms with Crippen LogP contribution >= 0.6 is 0 Å². The zero-order chi connectivity index (χ0) is 21.7. The molecule has 7 heteroatoms. The molecule has 2 saturated heterocycles. The molecule has 2 aliphatic rings. The van der Waals surface area contributed by atoms with Crippen molar-refractivity contribution in [2.24, 2.45) is 5.92 Å². The van der Waals surface area contributed by atoms with Gasteiger partial charge >= 0.3 is 5.97 Å². The second-order valence-corrected chi connectivity index (χ2v) is 8.63. The fourth-order valence-corrected chi connectivity index (χ4v) is 4.43. The molecule has 2 amide bonds. The topological polar surface area (TPSA) is 79.0 Å². The minimum absolute atomic E-state index is 0.0646. The first-order valence-corrected chi connectivity index (χ1v) is 10.9. The zero-order valence-corrected chi connectivity index (χ0v) is 18.2. The normalized spacial score (nSPS) is 20.8. The van der Waals surface area contributed by atoms with Crippen LogP contribution in [-0.4, -0.2) is 65.5 Å². The first kappa shape index (κ1) is 22.3. The number of hydrogen-bond acceptors (Lipinski definition) is 5. The molecule has 0 bridgehead atoms. The van der Waals surface area contributed by atoms with Gasteiger partial charge in [0.25, 0.3) is 0 Å². The summed E-state index contributed by atoms with van der Waals surface area (Å²) in [6.07, 6.45) is 2.31. The number of carbonyl (C=O) groups is 3. The van der Waals surface area contributed by atoms with E-state index in [1.165, 1.54) is 0 Å². The standard InChI is InChI=1S/C23H33N3O4/c1-4-30-21(28)16-26-22(29)19(15-18-8-6-5-7-9-18)24-23(26)10-12-25(13-11-23)20(27)14-17(2)3/h5-9,17,19,24H,4,10-16H2,1-3H3. The van der Waals surface area contributed by atoms with Crippen molar-refractivity contribution in [3.8, 4) is 0 Å². The number of nitrogens with one attached hydrogen (secondary N) is 1. The van der Waals surface area contributed by atoms with Gasteiger partial charge < -0.3 is 14.5 Å². The number of hydrogen-bond donors (Lipinski definition) is 1. The number of rotatable bonds is 7. The summed E-state index contributed by atoms with van der Waals surface area (Å²) in [6, 6.07) is 9.48. The van der Waals surface area contributed by atoms with Gasteiger partial charge in [0.05, 0.1) is 18.3 Å². The summed E-state index contributed by atoms with van der Waals surface area (Å²) in [4.78, 5) is 41.5. The molecule has 1 unspecified atom stereocenters. The molecule has 2 aliphatic heterocycles. The van der Waals surface area contributed by atoms with Crippen molar-refractivity contribution in [3.05, 3.63) is 35.9 Å². The zero-order valence-electron chi connectivity index (χ0n) is 18.2. The smallest absolute Gasteiger partial charge is 0.325 e. The van der Waals surface area contributed by atoms with Gasteiger partial charge in [0, 0.05) is 32.4 Å². The van der Waals surface area contributed by atoms with E-state index in [0.29, 0.717) is 44.7 Å². The molecule has 1 aromatic rings. The highest BCUT2D eigenvalue weighted by atomic mass is 16.5. The highest BCUT2D eigenvalue weighted by molar-refractivity contribution is 5.89. The Hall–Kier alpha value is -2.41. The fourth-order valence-electron chi connectivity index (χ4n) is 4.43. The summed E-state index contributed by atoms with van der Waals surface area (Å²) < 4.78 is 5.12. The van der Waals surface area contributed by atoms with Crippen molar-refractivity contribution in [3.63, 3.8) is 0 Å². The van der Waals surface area contributed by atoms with Gasteiger partial charge in [-0.1, -0.05) is 44.2 Å². The molecule has 1 N–H and O–H groups in total. The lowest BCUT2D eigenvalue weighted by Gasteiger charge is -2.44. The number of carbonyl (C=O) groups excluding carboxylic acids is 3. The summed E-state index contributed by atoms with van der Waals surface area (Å²) in [7, 11) is 0. The van der Waals surface area contributed by atoms with Crippen LogP contribution in [0, 0.1) is 5.92 Å². The number of ether oxygens (including phenoxy) is 1. The van der Waals surface area contributed by atoms with Crippen LogP contribution in [0.25, 0.3) is 0 Å². The molecule has 1 spiro atoms. The summed E-state index contributed by atoms with van der Waals surface area (Å²) in [6.45, 7) is 7.20. The van der Waals surface area contributed by atoms with Crippen molar-refractivity contribution in [2.75, 3.05) is 26.2 Å². The molecule has 2 heterocycles. The minimum atomic E-state index is -0.613. The lowest BCUT2D eigenvalue weighted by atomic mass is 9.95. The average molecular weight is 416 g/mol. The quantitative estimate of drug-likeness (QED) is 0.689. The predicted octanol–water partition coefficient (Wildman–Crippen LogP) is 1.96. The lowest BCUT2D eigenvalue weighted by Crippen LogP contribution is -2.60. The molecule has 164 valence electrons. The highest BCUT2D eigenvalue weighted by Crippen LogP contribution is 2.33. The molecular weight excluding hydrogens is 382 g/mol. The van der Waals surface area contributed by atoms with E-state index >= 15 is 0 Å². The number of likely N-dealkylation sites (tertiary alicyclic amines) is 1. The molecular formula is C23H33N3O4. The summed E-state index contributed by atoms with van der Waals surface area (Å²) in [5.41, 5.74) is 0.457. The first-order valence-electron chi connectivity index (χ1n) is 10.9. The number of nitrogens with zero attached hydrogens (tertiary/aromatic N) is 2. The van der Waals surface area contributed by atoms with E-state index in [1.54, 1.807) is 11.8 Å². The first-order chi connectivity index (χ1) is 14.3. The molecule has 1 aromatic carbocycles. The lowest BCUT2D eigenvalue weighted by molar-refractivity contribution is -0.152. The Kier molecular flexibility index (Phi) is 7.13. The van der Waals surface area contributed by atoms with E-state index in [4.69, 9.17) is 4.74 Å². The predicted molar refractivity (Wildman–Crippen MR) is 113 cm³/mol. The van der Waals surface area contributed by atoms with Crippen LogP contribution in [0.3, 0.4) is 0 Å². The SMILES string of the molecule is CCOC(=O)CN1C(=O)C(Cc2ccccc2)NC12CCN(C(=O)CC(C)C)CC2. The Morgan fingerprint density at radius 3 is 2.47 bits per heavy atom. The van der Waals surface area contributed by atoms with Gasteiger partial charge in [0.15, 0.2) is 0 Å². The van der Waals surface area contributed by atoms with Crippen LogP contribution in [0.15, 0.2) is 30.3 Å². The van der Waals surface area contributed by atoms with E-state index in [0.717, 1.165) is 5.56 Å². The summed E-state index contributed by atoms with van der Waals surface area (Å²) in [5.74, 6) is -0.00310. The summed E-state index contributed by atoms with van der Waals surface area (Å²) in [5, 5.41) is 3.53. The fraction of sp³-hybridized carbons (Fsp3) is 0.609. The van der Waals surface area contributed by atoms with Crippen molar-refractivity contribution in [1.82, 2.24) is 15.1 Å². The van der Waals surface area contributed by atoms with Crippen molar-refractivity contribution in [2.45, 2.75) is 58.2 Å².